The highest BCUT2D eigenvalue weighted by molar-refractivity contribution is 5.85. The van der Waals surface area contributed by atoms with Gasteiger partial charge in [0.1, 0.15) is 6.04 Å². The van der Waals surface area contributed by atoms with Crippen molar-refractivity contribution in [2.45, 2.75) is 45.1 Å². The van der Waals surface area contributed by atoms with Gasteiger partial charge in [0.05, 0.1) is 6.61 Å². The predicted molar refractivity (Wildman–Crippen MR) is 69.7 cm³/mol. The van der Waals surface area contributed by atoms with Gasteiger partial charge in [-0.2, -0.15) is 0 Å². The molecule has 0 spiro atoms. The van der Waals surface area contributed by atoms with Crippen LogP contribution in [0.5, 0.6) is 0 Å². The highest BCUT2D eigenvalue weighted by atomic mass is 35.5. The number of ether oxygens (including phenoxy) is 1. The minimum Gasteiger partial charge on any atom is -0.480 e. The number of halogens is 1. The third-order valence-corrected chi connectivity index (χ3v) is 3.11. The van der Waals surface area contributed by atoms with Gasteiger partial charge in [0.25, 0.3) is 0 Å². The third-order valence-electron chi connectivity index (χ3n) is 3.11. The Bertz CT molecular complexity index is 208. The van der Waals surface area contributed by atoms with E-state index >= 15 is 0 Å². The van der Waals surface area contributed by atoms with Crippen LogP contribution in [0.1, 0.15) is 39.0 Å². The smallest absolute Gasteiger partial charge is 0.323 e. The number of hydrogen-bond donors (Lipinski definition) is 2. The molecule has 102 valence electrons. The Hall–Kier alpha value is -0.320. The van der Waals surface area contributed by atoms with Gasteiger partial charge in [0.2, 0.25) is 0 Å². The van der Waals surface area contributed by atoms with Gasteiger partial charge in [-0.1, -0.05) is 26.2 Å². The maximum absolute atomic E-state index is 10.8. The molecule has 0 aromatic carbocycles. The van der Waals surface area contributed by atoms with Gasteiger partial charge in [0.15, 0.2) is 0 Å². The van der Waals surface area contributed by atoms with Crippen molar-refractivity contribution in [2.75, 3.05) is 19.8 Å². The fourth-order valence-corrected chi connectivity index (χ4v) is 2.17. The van der Waals surface area contributed by atoms with Crippen molar-refractivity contribution in [2.24, 2.45) is 5.92 Å². The van der Waals surface area contributed by atoms with Crippen molar-refractivity contribution in [1.82, 2.24) is 5.32 Å². The number of carboxylic acid groups (broad SMARTS) is 1. The predicted octanol–water partition coefficient (Wildman–Crippen LogP) is 2.07. The van der Waals surface area contributed by atoms with Crippen LogP contribution in [0.2, 0.25) is 0 Å². The highest BCUT2D eigenvalue weighted by Crippen LogP contribution is 2.23. The van der Waals surface area contributed by atoms with Crippen molar-refractivity contribution in [3.63, 3.8) is 0 Å². The molecule has 2 N–H and O–H groups in total. The molecule has 4 nitrogen and oxygen atoms in total. The lowest BCUT2D eigenvalue weighted by atomic mass is 9.90. The molecule has 5 heteroatoms. The zero-order valence-corrected chi connectivity index (χ0v) is 11.3. The molecule has 1 atom stereocenters. The number of aliphatic carboxylic acids is 1. The van der Waals surface area contributed by atoms with Gasteiger partial charge >= 0.3 is 5.97 Å². The van der Waals surface area contributed by atoms with Crippen molar-refractivity contribution >= 4 is 18.4 Å². The summed E-state index contributed by atoms with van der Waals surface area (Å²) in [6, 6.07) is -0.561. The normalized spacial score (nSPS) is 18.4. The Morgan fingerprint density at radius 2 is 2.06 bits per heavy atom. The maximum atomic E-state index is 10.8. The van der Waals surface area contributed by atoms with Gasteiger partial charge in [-0.3, -0.25) is 4.79 Å². The average Bonchev–Trinajstić information content (AvgIpc) is 2.29. The van der Waals surface area contributed by atoms with Gasteiger partial charge in [0, 0.05) is 6.61 Å². The van der Waals surface area contributed by atoms with E-state index in [1.807, 2.05) is 6.92 Å². The van der Waals surface area contributed by atoms with Gasteiger partial charge in [-0.15, -0.1) is 12.4 Å². The second kappa shape index (κ2) is 9.68. The molecule has 0 heterocycles. The Morgan fingerprint density at radius 3 is 2.59 bits per heavy atom. The van der Waals surface area contributed by atoms with Crippen LogP contribution in [-0.2, 0) is 9.53 Å². The molecule has 1 aliphatic carbocycles. The Kier molecular flexibility index (Phi) is 9.50. The fraction of sp³-hybridized carbons (Fsp3) is 0.917. The molecule has 1 aliphatic rings. The summed E-state index contributed by atoms with van der Waals surface area (Å²) in [4.78, 5) is 10.8. The molecular weight excluding hydrogens is 242 g/mol. The largest absolute Gasteiger partial charge is 0.480 e. The van der Waals surface area contributed by atoms with Crippen LogP contribution < -0.4 is 5.32 Å². The number of rotatable bonds is 7. The molecular formula is C12H24ClNO3. The van der Waals surface area contributed by atoms with Crippen LogP contribution in [0, 0.1) is 5.92 Å². The summed E-state index contributed by atoms with van der Waals surface area (Å²) in [5.41, 5.74) is 0. The number of hydrogen-bond acceptors (Lipinski definition) is 3. The molecule has 0 aliphatic heterocycles. The summed E-state index contributed by atoms with van der Waals surface area (Å²) < 4.78 is 5.51. The minimum absolute atomic E-state index is 0. The number of likely N-dealkylation sites (N-methyl/N-ethyl adjacent to an activating group) is 1. The minimum atomic E-state index is -0.828. The second-order valence-corrected chi connectivity index (χ2v) is 4.49. The quantitative estimate of drug-likeness (QED) is 0.740. The molecule has 1 fully saturated rings. The van der Waals surface area contributed by atoms with E-state index in [9.17, 15) is 4.79 Å². The standard InChI is InChI=1S/C12H23NO3.ClH/c1-2-13-11(12(14)15)9-16-8-10-6-4-3-5-7-10;/h10-11,13H,2-9H2,1H3,(H,14,15);1H/t11-;/m0./s1. The van der Waals surface area contributed by atoms with Crippen LogP contribution in [0.25, 0.3) is 0 Å². The van der Waals surface area contributed by atoms with E-state index in [0.717, 1.165) is 6.61 Å². The monoisotopic (exact) mass is 265 g/mol. The lowest BCUT2D eigenvalue weighted by Gasteiger charge is -2.22. The molecule has 0 amide bonds. The lowest BCUT2D eigenvalue weighted by Crippen LogP contribution is -2.40. The van der Waals surface area contributed by atoms with Crippen LogP contribution in [0.3, 0.4) is 0 Å². The zero-order valence-electron chi connectivity index (χ0n) is 10.5. The van der Waals surface area contributed by atoms with Crippen molar-refractivity contribution < 1.29 is 14.6 Å². The summed E-state index contributed by atoms with van der Waals surface area (Å²) in [7, 11) is 0. The third kappa shape index (κ3) is 6.86. The van der Waals surface area contributed by atoms with Crippen LogP contribution >= 0.6 is 12.4 Å². The number of nitrogens with one attached hydrogen (secondary N) is 1. The van der Waals surface area contributed by atoms with Gasteiger partial charge < -0.3 is 15.2 Å². The molecule has 1 saturated carbocycles. The zero-order chi connectivity index (χ0) is 11.8. The fourth-order valence-electron chi connectivity index (χ4n) is 2.17. The Balaban J connectivity index is 0.00000256. The van der Waals surface area contributed by atoms with E-state index in [-0.39, 0.29) is 19.0 Å². The molecule has 17 heavy (non-hydrogen) atoms. The first-order chi connectivity index (χ1) is 7.74. The Labute approximate surface area is 110 Å². The topological polar surface area (TPSA) is 58.6 Å². The first-order valence-corrected chi connectivity index (χ1v) is 6.28. The molecule has 0 unspecified atom stereocenters. The average molecular weight is 266 g/mol. The summed E-state index contributed by atoms with van der Waals surface area (Å²) in [5.74, 6) is -0.185. The van der Waals surface area contributed by atoms with Crippen molar-refractivity contribution in [1.29, 1.82) is 0 Å². The SMILES string of the molecule is CCN[C@@H](COCC1CCCCC1)C(=O)O.Cl. The van der Waals surface area contributed by atoms with Crippen LogP contribution in [-0.4, -0.2) is 36.9 Å². The molecule has 0 saturated heterocycles. The van der Waals surface area contributed by atoms with E-state index in [1.54, 1.807) is 0 Å². The van der Waals surface area contributed by atoms with Crippen molar-refractivity contribution in [3.8, 4) is 0 Å². The maximum Gasteiger partial charge on any atom is 0.323 e. The molecule has 0 aromatic heterocycles. The van der Waals surface area contributed by atoms with E-state index in [2.05, 4.69) is 5.32 Å². The van der Waals surface area contributed by atoms with Crippen molar-refractivity contribution in [3.05, 3.63) is 0 Å². The molecule has 0 radical (unpaired) electrons. The highest BCUT2D eigenvalue weighted by Gasteiger charge is 2.18. The summed E-state index contributed by atoms with van der Waals surface area (Å²) in [6.45, 7) is 3.55. The van der Waals surface area contributed by atoms with E-state index in [1.165, 1.54) is 32.1 Å². The first kappa shape index (κ1) is 16.7. The Morgan fingerprint density at radius 1 is 1.41 bits per heavy atom. The van der Waals surface area contributed by atoms with Crippen LogP contribution in [0.4, 0.5) is 0 Å². The molecule has 0 bridgehead atoms. The number of carbonyl (C=O) groups is 1. The molecule has 0 aromatic rings. The van der Waals surface area contributed by atoms with E-state index in [4.69, 9.17) is 9.84 Å². The van der Waals surface area contributed by atoms with Crippen LogP contribution in [0.15, 0.2) is 0 Å². The van der Waals surface area contributed by atoms with E-state index in [0.29, 0.717) is 12.5 Å². The molecule has 1 rings (SSSR count). The second-order valence-electron chi connectivity index (χ2n) is 4.49. The summed E-state index contributed by atoms with van der Waals surface area (Å²) in [5, 5.41) is 11.8. The summed E-state index contributed by atoms with van der Waals surface area (Å²) >= 11 is 0. The number of carboxylic acids is 1. The summed E-state index contributed by atoms with van der Waals surface area (Å²) in [6.07, 6.45) is 6.40. The van der Waals surface area contributed by atoms with E-state index < -0.39 is 12.0 Å². The first-order valence-electron chi connectivity index (χ1n) is 6.28. The lowest BCUT2D eigenvalue weighted by molar-refractivity contribution is -0.141. The van der Waals surface area contributed by atoms with Gasteiger partial charge in [-0.05, 0) is 25.3 Å². The van der Waals surface area contributed by atoms with Gasteiger partial charge in [-0.25, -0.2) is 0 Å².